The zero-order valence-corrected chi connectivity index (χ0v) is 23.9. The Morgan fingerprint density at radius 3 is 2.33 bits per heavy atom. The van der Waals surface area contributed by atoms with Crippen LogP contribution < -0.4 is 9.62 Å². The summed E-state index contributed by atoms with van der Waals surface area (Å²) in [6.07, 6.45) is 4.89. The van der Waals surface area contributed by atoms with Crippen LogP contribution in [0.15, 0.2) is 78.9 Å². The monoisotopic (exact) mass is 585 g/mol. The molecule has 0 saturated heterocycles. The van der Waals surface area contributed by atoms with Gasteiger partial charge in [-0.25, -0.2) is 12.8 Å². The Labute approximate surface area is 240 Å². The van der Waals surface area contributed by atoms with Gasteiger partial charge in [0.05, 0.1) is 11.9 Å². The number of hydrogen-bond acceptors (Lipinski definition) is 4. The fraction of sp³-hybridized carbons (Fsp3) is 0.333. The highest BCUT2D eigenvalue weighted by Crippen LogP contribution is 2.24. The molecular weight excluding hydrogens is 553 g/mol. The highest BCUT2D eigenvalue weighted by molar-refractivity contribution is 7.92. The van der Waals surface area contributed by atoms with Crippen molar-refractivity contribution in [2.75, 3.05) is 17.1 Å². The van der Waals surface area contributed by atoms with Gasteiger partial charge >= 0.3 is 0 Å². The first-order valence-corrected chi connectivity index (χ1v) is 15.4. The Bertz CT molecular complexity index is 1430. The molecule has 0 heterocycles. The number of amides is 2. The largest absolute Gasteiger partial charge is 0.352 e. The van der Waals surface area contributed by atoms with Crippen LogP contribution in [0.5, 0.6) is 0 Å². The van der Waals surface area contributed by atoms with E-state index in [4.69, 9.17) is 11.6 Å². The molecule has 1 atom stereocenters. The molecule has 212 valence electrons. The van der Waals surface area contributed by atoms with E-state index >= 15 is 0 Å². The molecule has 0 aliphatic heterocycles. The van der Waals surface area contributed by atoms with Crippen molar-refractivity contribution in [3.05, 3.63) is 101 Å². The van der Waals surface area contributed by atoms with Crippen molar-refractivity contribution in [3.63, 3.8) is 0 Å². The SMILES string of the molecule is CS(=O)(=O)N(CC(=O)N(Cc1ccccc1F)[C@H](Cc1ccccc1)C(=O)NC1CCCC1)c1cccc(Cl)c1. The van der Waals surface area contributed by atoms with E-state index in [2.05, 4.69) is 5.32 Å². The van der Waals surface area contributed by atoms with Gasteiger partial charge in [-0.2, -0.15) is 0 Å². The van der Waals surface area contributed by atoms with Crippen molar-refractivity contribution >= 4 is 39.1 Å². The minimum absolute atomic E-state index is 0.00448. The van der Waals surface area contributed by atoms with Gasteiger partial charge in [0.2, 0.25) is 21.8 Å². The molecule has 0 spiro atoms. The number of rotatable bonds is 11. The number of nitrogens with one attached hydrogen (secondary N) is 1. The van der Waals surface area contributed by atoms with Gasteiger partial charge in [0.1, 0.15) is 18.4 Å². The normalized spacial score (nSPS) is 14.5. The van der Waals surface area contributed by atoms with E-state index in [-0.39, 0.29) is 36.2 Å². The number of hydrogen-bond donors (Lipinski definition) is 1. The van der Waals surface area contributed by atoms with Crippen molar-refractivity contribution in [1.29, 1.82) is 0 Å². The lowest BCUT2D eigenvalue weighted by Gasteiger charge is -2.34. The van der Waals surface area contributed by atoms with Crippen molar-refractivity contribution in [2.45, 2.75) is 50.7 Å². The number of carbonyl (C=O) groups is 2. The Balaban J connectivity index is 1.73. The average Bonchev–Trinajstić information content (AvgIpc) is 3.43. The number of anilines is 1. The van der Waals surface area contributed by atoms with Gasteiger partial charge in [-0.1, -0.05) is 79.0 Å². The van der Waals surface area contributed by atoms with Crippen LogP contribution in [0.2, 0.25) is 5.02 Å². The molecule has 1 fully saturated rings. The quantitative estimate of drug-likeness (QED) is 0.345. The maximum Gasteiger partial charge on any atom is 0.244 e. The summed E-state index contributed by atoms with van der Waals surface area (Å²) in [4.78, 5) is 29.1. The highest BCUT2D eigenvalue weighted by atomic mass is 35.5. The zero-order chi connectivity index (χ0) is 28.7. The number of nitrogens with zero attached hydrogens (tertiary/aromatic N) is 2. The minimum atomic E-state index is -3.92. The van der Waals surface area contributed by atoms with Crippen LogP contribution in [0, 0.1) is 5.82 Å². The molecular formula is C30H33ClFN3O4S. The molecule has 3 aromatic carbocycles. The van der Waals surface area contributed by atoms with Crippen LogP contribution in [0.1, 0.15) is 36.8 Å². The highest BCUT2D eigenvalue weighted by Gasteiger charge is 2.34. The molecule has 0 radical (unpaired) electrons. The van der Waals surface area contributed by atoms with E-state index in [1.165, 1.54) is 23.1 Å². The Kier molecular flexibility index (Phi) is 9.81. The van der Waals surface area contributed by atoms with Crippen molar-refractivity contribution < 1.29 is 22.4 Å². The van der Waals surface area contributed by atoms with Crippen LogP contribution in [0.4, 0.5) is 10.1 Å². The first kappa shape index (κ1) is 29.6. The number of sulfonamides is 1. The lowest BCUT2D eigenvalue weighted by molar-refractivity contribution is -0.140. The summed E-state index contributed by atoms with van der Waals surface area (Å²) in [6.45, 7) is -0.802. The summed E-state index contributed by atoms with van der Waals surface area (Å²) in [5.41, 5.74) is 1.25. The Hall–Kier alpha value is -3.43. The van der Waals surface area contributed by atoms with Crippen molar-refractivity contribution in [2.24, 2.45) is 0 Å². The van der Waals surface area contributed by atoms with Gasteiger partial charge in [0, 0.05) is 29.6 Å². The maximum absolute atomic E-state index is 14.8. The van der Waals surface area contributed by atoms with Crippen LogP contribution >= 0.6 is 11.6 Å². The Morgan fingerprint density at radius 2 is 1.68 bits per heavy atom. The zero-order valence-electron chi connectivity index (χ0n) is 22.3. The fourth-order valence-electron chi connectivity index (χ4n) is 4.98. The van der Waals surface area contributed by atoms with Crippen LogP contribution in [0.25, 0.3) is 0 Å². The predicted octanol–water partition coefficient (Wildman–Crippen LogP) is 4.94. The van der Waals surface area contributed by atoms with Crippen LogP contribution in [-0.4, -0.2) is 50.0 Å². The summed E-state index contributed by atoms with van der Waals surface area (Å²) in [5, 5.41) is 3.39. The number of benzene rings is 3. The molecule has 10 heteroatoms. The molecule has 2 amide bonds. The number of carbonyl (C=O) groups excluding carboxylic acids is 2. The van der Waals surface area contributed by atoms with E-state index in [0.29, 0.717) is 5.02 Å². The molecule has 1 saturated carbocycles. The minimum Gasteiger partial charge on any atom is -0.352 e. The Morgan fingerprint density at radius 1 is 1.00 bits per heavy atom. The fourth-order valence-corrected chi connectivity index (χ4v) is 6.00. The second-order valence-electron chi connectivity index (χ2n) is 10.1. The van der Waals surface area contributed by atoms with E-state index in [9.17, 15) is 22.4 Å². The van der Waals surface area contributed by atoms with Gasteiger partial charge in [-0.05, 0) is 42.7 Å². The third kappa shape index (κ3) is 7.82. The lowest BCUT2D eigenvalue weighted by atomic mass is 10.0. The topological polar surface area (TPSA) is 86.8 Å². The summed E-state index contributed by atoms with van der Waals surface area (Å²) in [7, 11) is -3.92. The van der Waals surface area contributed by atoms with Gasteiger partial charge in [0.15, 0.2) is 0 Å². The molecule has 3 aromatic rings. The molecule has 0 aromatic heterocycles. The van der Waals surface area contributed by atoms with Crippen molar-refractivity contribution in [1.82, 2.24) is 10.2 Å². The molecule has 0 bridgehead atoms. The van der Waals surface area contributed by atoms with E-state index in [1.54, 1.807) is 30.3 Å². The third-order valence-corrected chi connectivity index (χ3v) is 8.42. The molecule has 40 heavy (non-hydrogen) atoms. The average molecular weight is 586 g/mol. The standard InChI is InChI=1S/C30H33ClFN3O4S/c1-40(38,39)35(26-16-9-13-24(31)19-26)21-29(36)34(20-23-12-5-8-17-27(23)32)28(18-22-10-3-2-4-11-22)30(37)33-25-14-6-7-15-25/h2-5,8-13,16-17,19,25,28H,6-7,14-15,18,20-21H2,1H3,(H,33,37)/t28-/m1/s1. The van der Waals surface area contributed by atoms with Crippen LogP contribution in [-0.2, 0) is 32.6 Å². The number of halogens is 2. The van der Waals surface area contributed by atoms with Crippen LogP contribution in [0.3, 0.4) is 0 Å². The van der Waals surface area contributed by atoms with E-state index in [1.807, 2.05) is 30.3 Å². The first-order valence-electron chi connectivity index (χ1n) is 13.2. The molecule has 4 rings (SSSR count). The first-order chi connectivity index (χ1) is 19.1. The van der Waals surface area contributed by atoms with Gasteiger partial charge in [-0.15, -0.1) is 0 Å². The summed E-state index contributed by atoms with van der Waals surface area (Å²) < 4.78 is 41.4. The second kappa shape index (κ2) is 13.3. The predicted molar refractivity (Wildman–Crippen MR) is 155 cm³/mol. The van der Waals surface area contributed by atoms with E-state index < -0.39 is 34.3 Å². The molecule has 1 aliphatic rings. The molecule has 1 N–H and O–H groups in total. The van der Waals surface area contributed by atoms with Gasteiger partial charge < -0.3 is 10.2 Å². The maximum atomic E-state index is 14.8. The summed E-state index contributed by atoms with van der Waals surface area (Å²) in [5.74, 6) is -1.52. The van der Waals surface area contributed by atoms with Gasteiger partial charge in [-0.3, -0.25) is 13.9 Å². The van der Waals surface area contributed by atoms with E-state index in [0.717, 1.165) is 41.8 Å². The third-order valence-electron chi connectivity index (χ3n) is 7.05. The lowest BCUT2D eigenvalue weighted by Crippen LogP contribution is -2.54. The molecule has 1 aliphatic carbocycles. The summed E-state index contributed by atoms with van der Waals surface area (Å²) in [6, 6.07) is 20.5. The van der Waals surface area contributed by atoms with Gasteiger partial charge in [0.25, 0.3) is 0 Å². The second-order valence-corrected chi connectivity index (χ2v) is 12.4. The molecule has 0 unspecified atom stereocenters. The summed E-state index contributed by atoms with van der Waals surface area (Å²) >= 11 is 6.11. The smallest absolute Gasteiger partial charge is 0.244 e. The van der Waals surface area contributed by atoms with Crippen molar-refractivity contribution in [3.8, 4) is 0 Å². The molecule has 7 nitrogen and oxygen atoms in total.